The quantitative estimate of drug-likeness (QED) is 0.580. The second-order valence-corrected chi connectivity index (χ2v) is 7.00. The number of ether oxygens (including phenoxy) is 1. The first kappa shape index (κ1) is 18.7. The second-order valence-electron chi connectivity index (χ2n) is 6.56. The molecule has 26 heavy (non-hydrogen) atoms. The molecule has 1 aromatic heterocycles. The van der Waals surface area contributed by atoms with E-state index in [2.05, 4.69) is 31.0 Å². The summed E-state index contributed by atoms with van der Waals surface area (Å²) in [7, 11) is 1.69. The fourth-order valence-electron chi connectivity index (χ4n) is 3.34. The molecule has 5 heteroatoms. The molecule has 3 aromatic rings. The van der Waals surface area contributed by atoms with Gasteiger partial charge in [0.05, 0.1) is 23.8 Å². The van der Waals surface area contributed by atoms with Gasteiger partial charge in [0.2, 0.25) is 0 Å². The van der Waals surface area contributed by atoms with Gasteiger partial charge in [0.1, 0.15) is 5.75 Å². The van der Waals surface area contributed by atoms with Crippen LogP contribution in [0.25, 0.3) is 21.8 Å². The molecule has 0 amide bonds. The maximum atomic E-state index is 6.19. The van der Waals surface area contributed by atoms with Gasteiger partial charge in [0, 0.05) is 28.4 Å². The van der Waals surface area contributed by atoms with Crippen molar-refractivity contribution in [3.63, 3.8) is 0 Å². The van der Waals surface area contributed by atoms with Gasteiger partial charge >= 0.3 is 0 Å². The number of methoxy groups -OCH3 is 1. The highest BCUT2D eigenvalue weighted by molar-refractivity contribution is 6.31. The molecular formula is C21H26ClN3O. The molecule has 0 aliphatic carbocycles. The number of fused-ring (bicyclic) bond motifs is 2. The number of nitrogens with zero attached hydrogens (tertiary/aromatic N) is 2. The molecule has 3 rings (SSSR count). The van der Waals surface area contributed by atoms with E-state index >= 15 is 0 Å². The molecule has 2 aromatic carbocycles. The van der Waals surface area contributed by atoms with E-state index in [4.69, 9.17) is 21.3 Å². The van der Waals surface area contributed by atoms with Crippen LogP contribution in [0.3, 0.4) is 0 Å². The summed E-state index contributed by atoms with van der Waals surface area (Å²) in [5, 5.41) is 6.54. The van der Waals surface area contributed by atoms with Crippen LogP contribution >= 0.6 is 11.6 Å². The predicted octanol–water partition coefficient (Wildman–Crippen LogP) is 5.19. The third-order valence-electron chi connectivity index (χ3n) is 4.76. The molecule has 1 N–H and O–H groups in total. The van der Waals surface area contributed by atoms with E-state index in [1.807, 2.05) is 36.4 Å². The molecule has 1 heterocycles. The van der Waals surface area contributed by atoms with Gasteiger partial charge in [-0.25, -0.2) is 4.98 Å². The van der Waals surface area contributed by atoms with Crippen molar-refractivity contribution in [2.45, 2.75) is 26.8 Å². The molecule has 0 aliphatic rings. The van der Waals surface area contributed by atoms with Crippen LogP contribution in [0.15, 0.2) is 36.4 Å². The number of hydrogen-bond donors (Lipinski definition) is 1. The lowest BCUT2D eigenvalue weighted by atomic mass is 10.1. The van der Waals surface area contributed by atoms with E-state index in [1.165, 1.54) is 0 Å². The third-order valence-corrected chi connectivity index (χ3v) is 5.00. The Morgan fingerprint density at radius 3 is 2.54 bits per heavy atom. The normalized spacial score (nSPS) is 12.7. The molecule has 138 valence electrons. The molecule has 1 unspecified atom stereocenters. The fourth-order valence-corrected chi connectivity index (χ4v) is 3.51. The Hall–Kier alpha value is -2.04. The van der Waals surface area contributed by atoms with Gasteiger partial charge in [0.15, 0.2) is 0 Å². The van der Waals surface area contributed by atoms with E-state index in [9.17, 15) is 0 Å². The van der Waals surface area contributed by atoms with Crippen LogP contribution < -0.4 is 10.1 Å². The molecule has 4 nitrogen and oxygen atoms in total. The lowest BCUT2D eigenvalue weighted by molar-refractivity contribution is 0.295. The van der Waals surface area contributed by atoms with Crippen LogP contribution in [0.1, 0.15) is 20.8 Å². The van der Waals surface area contributed by atoms with Crippen LogP contribution in [0.2, 0.25) is 5.02 Å². The monoisotopic (exact) mass is 371 g/mol. The summed E-state index contributed by atoms with van der Waals surface area (Å²) < 4.78 is 5.43. The van der Waals surface area contributed by atoms with Gasteiger partial charge in [0.25, 0.3) is 0 Å². The number of aromatic nitrogens is 1. The summed E-state index contributed by atoms with van der Waals surface area (Å²) >= 11 is 6.19. The lowest BCUT2D eigenvalue weighted by Crippen LogP contribution is -2.34. The van der Waals surface area contributed by atoms with Gasteiger partial charge in [-0.1, -0.05) is 25.4 Å². The van der Waals surface area contributed by atoms with E-state index in [0.717, 1.165) is 52.9 Å². The lowest BCUT2D eigenvalue weighted by Gasteiger charge is -2.25. The summed E-state index contributed by atoms with van der Waals surface area (Å²) in [5.74, 6) is 0.826. The van der Waals surface area contributed by atoms with Crippen LogP contribution in [-0.4, -0.2) is 42.7 Å². The van der Waals surface area contributed by atoms with Crippen molar-refractivity contribution in [3.8, 4) is 5.75 Å². The number of hydrogen-bond acceptors (Lipinski definition) is 4. The van der Waals surface area contributed by atoms with Crippen molar-refractivity contribution in [2.24, 2.45) is 0 Å². The first-order valence-electron chi connectivity index (χ1n) is 9.11. The molecule has 0 aliphatic heterocycles. The SMILES string of the molecule is CCN(CC)CC(C)Nc1c2ccc(Cl)cc2nc2ccc(OC)cc12. The van der Waals surface area contributed by atoms with E-state index in [1.54, 1.807) is 7.11 Å². The summed E-state index contributed by atoms with van der Waals surface area (Å²) in [5.41, 5.74) is 2.91. The maximum Gasteiger partial charge on any atom is 0.119 e. The Kier molecular flexibility index (Phi) is 5.84. The van der Waals surface area contributed by atoms with Gasteiger partial charge < -0.3 is 15.0 Å². The van der Waals surface area contributed by atoms with Crippen molar-refractivity contribution in [1.29, 1.82) is 0 Å². The zero-order valence-electron chi connectivity index (χ0n) is 15.8. The minimum Gasteiger partial charge on any atom is -0.497 e. The van der Waals surface area contributed by atoms with Crippen molar-refractivity contribution in [2.75, 3.05) is 32.1 Å². The second kappa shape index (κ2) is 8.11. The number of benzene rings is 2. The number of nitrogens with one attached hydrogen (secondary N) is 1. The highest BCUT2D eigenvalue weighted by Gasteiger charge is 2.14. The minimum absolute atomic E-state index is 0.297. The molecule has 0 spiro atoms. The first-order chi connectivity index (χ1) is 12.5. The van der Waals surface area contributed by atoms with Gasteiger partial charge in [-0.3, -0.25) is 0 Å². The standard InChI is InChI=1S/C21H26ClN3O/c1-5-25(6-2)13-14(3)23-21-17-9-7-15(22)11-20(17)24-19-10-8-16(26-4)12-18(19)21/h7-12,14H,5-6,13H2,1-4H3,(H,23,24). The molecule has 0 saturated carbocycles. The number of pyridine rings is 1. The summed E-state index contributed by atoms with van der Waals surface area (Å²) in [6, 6.07) is 12.1. The van der Waals surface area contributed by atoms with E-state index < -0.39 is 0 Å². The maximum absolute atomic E-state index is 6.19. The highest BCUT2D eigenvalue weighted by atomic mass is 35.5. The number of likely N-dealkylation sites (N-methyl/N-ethyl adjacent to an activating group) is 1. The molecule has 0 radical (unpaired) electrons. The largest absolute Gasteiger partial charge is 0.497 e. The van der Waals surface area contributed by atoms with Crippen molar-refractivity contribution >= 4 is 39.1 Å². The van der Waals surface area contributed by atoms with Crippen molar-refractivity contribution < 1.29 is 4.74 Å². The smallest absolute Gasteiger partial charge is 0.119 e. The molecule has 0 saturated heterocycles. The molecular weight excluding hydrogens is 346 g/mol. The highest BCUT2D eigenvalue weighted by Crippen LogP contribution is 2.34. The van der Waals surface area contributed by atoms with Gasteiger partial charge in [-0.2, -0.15) is 0 Å². The number of halogens is 1. The molecule has 0 fully saturated rings. The molecule has 1 atom stereocenters. The topological polar surface area (TPSA) is 37.4 Å². The molecule has 0 bridgehead atoms. The van der Waals surface area contributed by atoms with E-state index in [-0.39, 0.29) is 0 Å². The van der Waals surface area contributed by atoms with Crippen LogP contribution in [-0.2, 0) is 0 Å². The summed E-state index contributed by atoms with van der Waals surface area (Å²) in [6.07, 6.45) is 0. The van der Waals surface area contributed by atoms with Crippen LogP contribution in [0.5, 0.6) is 5.75 Å². The predicted molar refractivity (Wildman–Crippen MR) is 112 cm³/mol. The third kappa shape index (κ3) is 3.87. The van der Waals surface area contributed by atoms with Crippen LogP contribution in [0.4, 0.5) is 5.69 Å². The van der Waals surface area contributed by atoms with E-state index in [0.29, 0.717) is 11.1 Å². The first-order valence-corrected chi connectivity index (χ1v) is 9.49. The fraction of sp³-hybridized carbons (Fsp3) is 0.381. The van der Waals surface area contributed by atoms with Crippen molar-refractivity contribution in [3.05, 3.63) is 41.4 Å². The Balaban J connectivity index is 2.11. The average molecular weight is 372 g/mol. The Labute approximate surface area is 160 Å². The van der Waals surface area contributed by atoms with Gasteiger partial charge in [-0.05, 0) is 56.4 Å². The van der Waals surface area contributed by atoms with Gasteiger partial charge in [-0.15, -0.1) is 0 Å². The Morgan fingerprint density at radius 2 is 1.85 bits per heavy atom. The van der Waals surface area contributed by atoms with Crippen molar-refractivity contribution in [1.82, 2.24) is 9.88 Å². The summed E-state index contributed by atoms with van der Waals surface area (Å²) in [6.45, 7) is 9.68. The Morgan fingerprint density at radius 1 is 1.08 bits per heavy atom. The number of rotatable bonds is 7. The van der Waals surface area contributed by atoms with Crippen LogP contribution in [0, 0.1) is 0 Å². The summed E-state index contributed by atoms with van der Waals surface area (Å²) in [4.78, 5) is 7.20. The zero-order chi connectivity index (χ0) is 18.7. The minimum atomic E-state index is 0.297. The number of anilines is 1. The Bertz CT molecular complexity index is 909. The zero-order valence-corrected chi connectivity index (χ0v) is 16.6. The average Bonchev–Trinajstić information content (AvgIpc) is 2.65.